The van der Waals surface area contributed by atoms with Gasteiger partial charge in [0.15, 0.2) is 0 Å². The Labute approximate surface area is 103 Å². The summed E-state index contributed by atoms with van der Waals surface area (Å²) in [7, 11) is 0. The number of pyridine rings is 1. The number of hydrogen-bond acceptors (Lipinski definition) is 2. The topological polar surface area (TPSA) is 22.1 Å². The fourth-order valence-corrected chi connectivity index (χ4v) is 1.86. The van der Waals surface area contributed by atoms with Gasteiger partial charge in [-0.15, -0.1) is 0 Å². The zero-order valence-electron chi connectivity index (χ0n) is 9.20. The molecule has 0 bridgehead atoms. The van der Waals surface area contributed by atoms with Crippen molar-refractivity contribution in [2.24, 2.45) is 0 Å². The molecule has 1 heterocycles. The van der Waals surface area contributed by atoms with Crippen molar-refractivity contribution in [2.45, 2.75) is 13.8 Å². The highest BCUT2D eigenvalue weighted by Gasteiger charge is 2.05. The molecule has 0 aliphatic heterocycles. The lowest BCUT2D eigenvalue weighted by Crippen LogP contribution is -1.92. The summed E-state index contributed by atoms with van der Waals surface area (Å²) in [6, 6.07) is 9.89. The van der Waals surface area contributed by atoms with E-state index in [9.17, 15) is 0 Å². The molecule has 0 saturated heterocycles. The molecule has 0 radical (unpaired) electrons. The first-order valence-corrected chi connectivity index (χ1v) is 5.82. The molecule has 0 N–H and O–H groups in total. The third kappa shape index (κ3) is 2.42. The van der Waals surface area contributed by atoms with Gasteiger partial charge in [0.1, 0.15) is 5.75 Å². The summed E-state index contributed by atoms with van der Waals surface area (Å²) in [6.07, 6.45) is 1.74. The summed E-state index contributed by atoms with van der Waals surface area (Å²) < 4.78 is 6.72. The minimum Gasteiger partial charge on any atom is -0.438 e. The van der Waals surface area contributed by atoms with Crippen LogP contribution in [0.5, 0.6) is 11.6 Å². The number of para-hydroxylation sites is 1. The van der Waals surface area contributed by atoms with E-state index in [1.807, 2.05) is 44.2 Å². The Balaban J connectivity index is 2.31. The number of aryl methyl sites for hydroxylation is 2. The van der Waals surface area contributed by atoms with Crippen LogP contribution >= 0.6 is 15.9 Å². The van der Waals surface area contributed by atoms with E-state index in [4.69, 9.17) is 4.74 Å². The predicted molar refractivity (Wildman–Crippen MR) is 67.9 cm³/mol. The van der Waals surface area contributed by atoms with Gasteiger partial charge in [0, 0.05) is 16.2 Å². The van der Waals surface area contributed by atoms with Crippen LogP contribution in [-0.2, 0) is 0 Å². The van der Waals surface area contributed by atoms with Crippen molar-refractivity contribution in [1.29, 1.82) is 0 Å². The third-order valence-corrected chi connectivity index (χ3v) is 2.73. The minimum absolute atomic E-state index is 0.650. The zero-order chi connectivity index (χ0) is 11.5. The number of aromatic nitrogens is 1. The van der Waals surface area contributed by atoms with Gasteiger partial charge in [0.25, 0.3) is 0 Å². The molecule has 0 unspecified atom stereocenters. The average molecular weight is 278 g/mol. The van der Waals surface area contributed by atoms with Crippen molar-refractivity contribution in [3.8, 4) is 11.6 Å². The van der Waals surface area contributed by atoms with E-state index in [1.165, 1.54) is 0 Å². The maximum Gasteiger partial charge on any atom is 0.222 e. The molecular formula is C13H12BrNO. The van der Waals surface area contributed by atoms with Crippen LogP contribution in [0.4, 0.5) is 0 Å². The van der Waals surface area contributed by atoms with E-state index >= 15 is 0 Å². The maximum atomic E-state index is 5.76. The highest BCUT2D eigenvalue weighted by molar-refractivity contribution is 9.10. The summed E-state index contributed by atoms with van der Waals surface area (Å²) in [5.41, 5.74) is 2.12. The van der Waals surface area contributed by atoms with Crippen LogP contribution < -0.4 is 4.74 Å². The normalized spacial score (nSPS) is 10.2. The van der Waals surface area contributed by atoms with Crippen molar-refractivity contribution in [3.63, 3.8) is 0 Å². The minimum atomic E-state index is 0.650. The lowest BCUT2D eigenvalue weighted by molar-refractivity contribution is 0.455. The first-order chi connectivity index (χ1) is 7.66. The van der Waals surface area contributed by atoms with Gasteiger partial charge in [0.2, 0.25) is 5.88 Å². The van der Waals surface area contributed by atoms with Gasteiger partial charge in [-0.25, -0.2) is 4.98 Å². The molecule has 0 spiro atoms. The maximum absolute atomic E-state index is 5.76. The van der Waals surface area contributed by atoms with Gasteiger partial charge in [0.05, 0.1) is 0 Å². The number of nitrogens with zero attached hydrogens (tertiary/aromatic N) is 1. The van der Waals surface area contributed by atoms with Crippen molar-refractivity contribution in [2.75, 3.05) is 0 Å². The van der Waals surface area contributed by atoms with Crippen LogP contribution in [0.25, 0.3) is 0 Å². The van der Waals surface area contributed by atoms with E-state index in [2.05, 4.69) is 20.9 Å². The van der Waals surface area contributed by atoms with E-state index in [-0.39, 0.29) is 0 Å². The van der Waals surface area contributed by atoms with E-state index in [0.29, 0.717) is 5.88 Å². The SMILES string of the molecule is Cc1ccccc1Oc1ncc(Br)cc1C. The van der Waals surface area contributed by atoms with Gasteiger partial charge >= 0.3 is 0 Å². The molecule has 0 amide bonds. The number of benzene rings is 1. The molecule has 2 nitrogen and oxygen atoms in total. The summed E-state index contributed by atoms with van der Waals surface area (Å²) in [6.45, 7) is 3.99. The molecule has 0 aliphatic carbocycles. The summed E-state index contributed by atoms with van der Waals surface area (Å²) in [4.78, 5) is 4.25. The Morgan fingerprint density at radius 1 is 1.12 bits per heavy atom. The second-order valence-corrected chi connectivity index (χ2v) is 4.56. The molecule has 2 aromatic rings. The first kappa shape index (κ1) is 11.1. The molecule has 0 atom stereocenters. The first-order valence-electron chi connectivity index (χ1n) is 5.02. The lowest BCUT2D eigenvalue weighted by Gasteiger charge is -2.09. The highest BCUT2D eigenvalue weighted by Crippen LogP contribution is 2.26. The molecule has 0 saturated carbocycles. The van der Waals surface area contributed by atoms with Crippen LogP contribution in [0.1, 0.15) is 11.1 Å². The van der Waals surface area contributed by atoms with Crippen molar-refractivity contribution in [3.05, 3.63) is 52.1 Å². The molecule has 16 heavy (non-hydrogen) atoms. The average Bonchev–Trinajstić information content (AvgIpc) is 2.25. The fourth-order valence-electron chi connectivity index (χ4n) is 1.41. The van der Waals surface area contributed by atoms with Crippen LogP contribution in [0.2, 0.25) is 0 Å². The third-order valence-electron chi connectivity index (χ3n) is 2.30. The largest absolute Gasteiger partial charge is 0.438 e. The Bertz CT molecular complexity index is 511. The summed E-state index contributed by atoms with van der Waals surface area (Å²) in [5.74, 6) is 1.50. The van der Waals surface area contributed by atoms with Crippen LogP contribution in [0, 0.1) is 13.8 Å². The standard InChI is InChI=1S/C13H12BrNO/c1-9-5-3-4-6-12(9)16-13-10(2)7-11(14)8-15-13/h3-8H,1-2H3. The number of halogens is 1. The predicted octanol–water partition coefficient (Wildman–Crippen LogP) is 4.25. The molecule has 0 aliphatic rings. The van der Waals surface area contributed by atoms with E-state index in [1.54, 1.807) is 6.20 Å². The van der Waals surface area contributed by atoms with Crippen molar-refractivity contribution < 1.29 is 4.74 Å². The molecule has 1 aromatic heterocycles. The summed E-state index contributed by atoms with van der Waals surface area (Å²) in [5, 5.41) is 0. The molecule has 2 rings (SSSR count). The zero-order valence-corrected chi connectivity index (χ0v) is 10.8. The van der Waals surface area contributed by atoms with Crippen molar-refractivity contribution >= 4 is 15.9 Å². The van der Waals surface area contributed by atoms with Gasteiger partial charge < -0.3 is 4.74 Å². The molecule has 3 heteroatoms. The Kier molecular flexibility index (Phi) is 3.25. The van der Waals surface area contributed by atoms with Crippen LogP contribution in [-0.4, -0.2) is 4.98 Å². The molecule has 82 valence electrons. The Morgan fingerprint density at radius 2 is 1.88 bits per heavy atom. The molecule has 1 aromatic carbocycles. The van der Waals surface area contributed by atoms with Gasteiger partial charge in [-0.3, -0.25) is 0 Å². The van der Waals surface area contributed by atoms with Crippen LogP contribution in [0.15, 0.2) is 41.0 Å². The number of hydrogen-bond donors (Lipinski definition) is 0. The number of rotatable bonds is 2. The summed E-state index contributed by atoms with van der Waals surface area (Å²) >= 11 is 3.38. The van der Waals surface area contributed by atoms with Gasteiger partial charge in [-0.2, -0.15) is 0 Å². The van der Waals surface area contributed by atoms with Crippen molar-refractivity contribution in [1.82, 2.24) is 4.98 Å². The number of ether oxygens (including phenoxy) is 1. The van der Waals surface area contributed by atoms with Crippen LogP contribution in [0.3, 0.4) is 0 Å². The van der Waals surface area contributed by atoms with E-state index < -0.39 is 0 Å². The lowest BCUT2D eigenvalue weighted by atomic mass is 10.2. The second-order valence-electron chi connectivity index (χ2n) is 3.64. The quantitative estimate of drug-likeness (QED) is 0.819. The van der Waals surface area contributed by atoms with Gasteiger partial charge in [-0.05, 0) is 47.5 Å². The molecular weight excluding hydrogens is 266 g/mol. The highest BCUT2D eigenvalue weighted by atomic mass is 79.9. The Morgan fingerprint density at radius 3 is 2.56 bits per heavy atom. The Hall–Kier alpha value is -1.35. The van der Waals surface area contributed by atoms with Gasteiger partial charge in [-0.1, -0.05) is 18.2 Å². The monoisotopic (exact) mass is 277 g/mol. The second kappa shape index (κ2) is 4.66. The van der Waals surface area contributed by atoms with E-state index in [0.717, 1.165) is 21.3 Å². The smallest absolute Gasteiger partial charge is 0.222 e. The fraction of sp³-hybridized carbons (Fsp3) is 0.154. The molecule has 0 fully saturated rings.